The molecule has 0 spiro atoms. The lowest BCUT2D eigenvalue weighted by Gasteiger charge is -2.20. The molecule has 22 heavy (non-hydrogen) atoms. The predicted octanol–water partition coefficient (Wildman–Crippen LogP) is 3.12. The van der Waals surface area contributed by atoms with Gasteiger partial charge in [0.15, 0.2) is 0 Å². The highest BCUT2D eigenvalue weighted by molar-refractivity contribution is 5.26. The Hall–Kier alpha value is -2.46. The first-order valence-corrected chi connectivity index (χ1v) is 7.48. The third kappa shape index (κ3) is 3.59. The molecule has 0 saturated carbocycles. The van der Waals surface area contributed by atoms with Crippen molar-refractivity contribution >= 4 is 0 Å². The average molecular weight is 292 g/mol. The fourth-order valence-electron chi connectivity index (χ4n) is 2.53. The zero-order valence-electron chi connectivity index (χ0n) is 12.7. The van der Waals surface area contributed by atoms with Crippen molar-refractivity contribution in [3.05, 3.63) is 83.9 Å². The molecule has 0 amide bonds. The summed E-state index contributed by atoms with van der Waals surface area (Å²) in [4.78, 5) is 4.03. The zero-order valence-corrected chi connectivity index (χ0v) is 12.7. The highest BCUT2D eigenvalue weighted by atomic mass is 15.3. The van der Waals surface area contributed by atoms with Crippen molar-refractivity contribution in [2.45, 2.75) is 26.1 Å². The molecule has 1 aromatic heterocycles. The lowest BCUT2D eigenvalue weighted by atomic mass is 10.1. The van der Waals surface area contributed by atoms with Crippen LogP contribution in [0.15, 0.2) is 67.3 Å². The Morgan fingerprint density at radius 1 is 1.05 bits per heavy atom. The van der Waals surface area contributed by atoms with E-state index < -0.39 is 0 Å². The predicted molar refractivity (Wildman–Crippen MR) is 87.2 cm³/mol. The van der Waals surface area contributed by atoms with Gasteiger partial charge in [0, 0.05) is 6.54 Å². The smallest absolute Gasteiger partial charge is 0.137 e. The Balaban J connectivity index is 1.75. The molecule has 4 heteroatoms. The van der Waals surface area contributed by atoms with Crippen LogP contribution in [-0.2, 0) is 13.1 Å². The van der Waals surface area contributed by atoms with Crippen molar-refractivity contribution in [1.82, 2.24) is 20.1 Å². The summed E-state index contributed by atoms with van der Waals surface area (Å²) < 4.78 is 1.86. The van der Waals surface area contributed by atoms with Crippen molar-refractivity contribution in [2.24, 2.45) is 0 Å². The number of hydrogen-bond donors (Lipinski definition) is 1. The second-order valence-corrected chi connectivity index (χ2v) is 5.39. The molecule has 1 heterocycles. The summed E-state index contributed by atoms with van der Waals surface area (Å²) >= 11 is 0. The number of benzene rings is 2. The second-order valence-electron chi connectivity index (χ2n) is 5.39. The van der Waals surface area contributed by atoms with Gasteiger partial charge in [-0.1, -0.05) is 54.6 Å². The van der Waals surface area contributed by atoms with E-state index in [1.165, 1.54) is 16.7 Å². The number of nitrogens with one attached hydrogen (secondary N) is 1. The van der Waals surface area contributed by atoms with Gasteiger partial charge in [-0.15, -0.1) is 0 Å². The van der Waals surface area contributed by atoms with Crippen molar-refractivity contribution < 1.29 is 0 Å². The normalized spacial score (nSPS) is 12.2. The molecule has 2 aromatic carbocycles. The van der Waals surface area contributed by atoms with Gasteiger partial charge >= 0.3 is 0 Å². The molecular formula is C18H20N4. The van der Waals surface area contributed by atoms with E-state index >= 15 is 0 Å². The molecule has 0 radical (unpaired) electrons. The summed E-state index contributed by atoms with van der Waals surface area (Å²) in [6.45, 7) is 3.74. The van der Waals surface area contributed by atoms with Gasteiger partial charge in [-0.2, -0.15) is 5.10 Å². The van der Waals surface area contributed by atoms with Crippen LogP contribution in [0.25, 0.3) is 0 Å². The molecule has 112 valence electrons. The molecule has 4 nitrogen and oxygen atoms in total. The summed E-state index contributed by atoms with van der Waals surface area (Å²) in [7, 11) is 0. The molecule has 0 aliphatic carbocycles. The Kier molecular flexibility index (Phi) is 4.61. The van der Waals surface area contributed by atoms with Gasteiger partial charge in [-0.05, 0) is 23.6 Å². The summed E-state index contributed by atoms with van der Waals surface area (Å²) in [5.74, 6) is 0. The van der Waals surface area contributed by atoms with E-state index in [4.69, 9.17) is 0 Å². The summed E-state index contributed by atoms with van der Waals surface area (Å²) in [5.41, 5.74) is 3.89. The van der Waals surface area contributed by atoms with Crippen LogP contribution in [0.4, 0.5) is 0 Å². The number of nitrogens with zero attached hydrogens (tertiary/aromatic N) is 3. The van der Waals surface area contributed by atoms with Gasteiger partial charge in [-0.25, -0.2) is 4.98 Å². The first-order chi connectivity index (χ1) is 10.8. The number of hydrogen-bond acceptors (Lipinski definition) is 3. The Morgan fingerprint density at radius 3 is 2.55 bits per heavy atom. The van der Waals surface area contributed by atoms with E-state index in [1.807, 2.05) is 10.7 Å². The maximum Gasteiger partial charge on any atom is 0.137 e. The summed E-state index contributed by atoms with van der Waals surface area (Å²) in [6.07, 6.45) is 3.33. The first kappa shape index (κ1) is 14.5. The standard InChI is InChI=1S/C18H20N4/c1-15-7-5-6-10-17(15)11-20-18(12-22-14-19-13-21-22)16-8-3-2-4-9-16/h2-10,13-14,18,20H,11-12H2,1H3/t18-/m0/s1. The second kappa shape index (κ2) is 7.00. The van der Waals surface area contributed by atoms with E-state index in [2.05, 4.69) is 70.9 Å². The third-order valence-electron chi connectivity index (χ3n) is 3.84. The Bertz CT molecular complexity index is 692. The fraction of sp³-hybridized carbons (Fsp3) is 0.222. The number of aryl methyl sites for hydroxylation is 1. The van der Waals surface area contributed by atoms with Crippen molar-refractivity contribution in [1.29, 1.82) is 0 Å². The topological polar surface area (TPSA) is 42.7 Å². The molecular weight excluding hydrogens is 272 g/mol. The van der Waals surface area contributed by atoms with Crippen LogP contribution in [0.1, 0.15) is 22.7 Å². The minimum Gasteiger partial charge on any atom is -0.304 e. The van der Waals surface area contributed by atoms with Gasteiger partial charge in [-0.3, -0.25) is 4.68 Å². The quantitative estimate of drug-likeness (QED) is 0.759. The van der Waals surface area contributed by atoms with Crippen LogP contribution in [0.5, 0.6) is 0 Å². The van der Waals surface area contributed by atoms with E-state index in [1.54, 1.807) is 12.7 Å². The molecule has 3 aromatic rings. The van der Waals surface area contributed by atoms with Crippen LogP contribution in [0.2, 0.25) is 0 Å². The number of rotatable bonds is 6. The highest BCUT2D eigenvalue weighted by Gasteiger charge is 2.12. The SMILES string of the molecule is Cc1ccccc1CN[C@@H](Cn1cncn1)c1ccccc1. The van der Waals surface area contributed by atoms with Crippen LogP contribution in [0, 0.1) is 6.92 Å². The average Bonchev–Trinajstić information content (AvgIpc) is 3.07. The van der Waals surface area contributed by atoms with Gasteiger partial charge in [0.05, 0.1) is 12.6 Å². The molecule has 0 fully saturated rings. The molecule has 3 rings (SSSR count). The van der Waals surface area contributed by atoms with Crippen LogP contribution in [0.3, 0.4) is 0 Å². The van der Waals surface area contributed by atoms with E-state index in [0.717, 1.165) is 13.1 Å². The Labute approximate surface area is 130 Å². The van der Waals surface area contributed by atoms with E-state index in [-0.39, 0.29) is 6.04 Å². The van der Waals surface area contributed by atoms with Crippen molar-refractivity contribution in [3.63, 3.8) is 0 Å². The monoisotopic (exact) mass is 292 g/mol. The number of aromatic nitrogens is 3. The van der Waals surface area contributed by atoms with Gasteiger partial charge in [0.2, 0.25) is 0 Å². The van der Waals surface area contributed by atoms with E-state index in [9.17, 15) is 0 Å². The summed E-state index contributed by atoms with van der Waals surface area (Å²) in [5, 5.41) is 7.86. The third-order valence-corrected chi connectivity index (χ3v) is 3.84. The van der Waals surface area contributed by atoms with Gasteiger partial charge in [0.1, 0.15) is 12.7 Å². The minimum atomic E-state index is 0.197. The van der Waals surface area contributed by atoms with Gasteiger partial charge < -0.3 is 5.32 Å². The first-order valence-electron chi connectivity index (χ1n) is 7.48. The fourth-order valence-corrected chi connectivity index (χ4v) is 2.53. The van der Waals surface area contributed by atoms with Crippen LogP contribution < -0.4 is 5.32 Å². The molecule has 0 saturated heterocycles. The van der Waals surface area contributed by atoms with Gasteiger partial charge in [0.25, 0.3) is 0 Å². The van der Waals surface area contributed by atoms with Crippen LogP contribution in [-0.4, -0.2) is 14.8 Å². The van der Waals surface area contributed by atoms with Crippen molar-refractivity contribution in [3.8, 4) is 0 Å². The lowest BCUT2D eigenvalue weighted by Crippen LogP contribution is -2.25. The maximum absolute atomic E-state index is 4.22. The largest absolute Gasteiger partial charge is 0.304 e. The van der Waals surface area contributed by atoms with Crippen LogP contribution >= 0.6 is 0 Å². The molecule has 1 atom stereocenters. The Morgan fingerprint density at radius 2 is 1.82 bits per heavy atom. The zero-order chi connectivity index (χ0) is 15.2. The van der Waals surface area contributed by atoms with Crippen molar-refractivity contribution in [2.75, 3.05) is 0 Å². The molecule has 0 aliphatic rings. The molecule has 0 bridgehead atoms. The lowest BCUT2D eigenvalue weighted by molar-refractivity contribution is 0.436. The molecule has 0 unspecified atom stereocenters. The molecule has 1 N–H and O–H groups in total. The highest BCUT2D eigenvalue weighted by Crippen LogP contribution is 2.16. The van der Waals surface area contributed by atoms with E-state index in [0.29, 0.717) is 0 Å². The summed E-state index contributed by atoms with van der Waals surface area (Å²) in [6, 6.07) is 19.1. The maximum atomic E-state index is 4.22. The molecule has 0 aliphatic heterocycles. The minimum absolute atomic E-state index is 0.197.